The van der Waals surface area contributed by atoms with Crippen molar-refractivity contribution in [3.63, 3.8) is 0 Å². The van der Waals surface area contributed by atoms with Gasteiger partial charge < -0.3 is 5.11 Å². The Labute approximate surface area is 149 Å². The lowest BCUT2D eigenvalue weighted by Crippen LogP contribution is -2.03. The monoisotopic (exact) mass is 346 g/mol. The van der Waals surface area contributed by atoms with E-state index in [1.54, 1.807) is 6.08 Å². The first kappa shape index (κ1) is 17.0. The minimum absolute atomic E-state index is 0.162. The summed E-state index contributed by atoms with van der Waals surface area (Å²) in [6, 6.07) is 18.7. The normalized spacial score (nSPS) is 10.8. The zero-order chi connectivity index (χ0) is 18.5. The summed E-state index contributed by atoms with van der Waals surface area (Å²) in [6.45, 7) is 0. The second-order valence-corrected chi connectivity index (χ2v) is 5.51. The van der Waals surface area contributed by atoms with Crippen LogP contribution in [0.4, 0.5) is 5.69 Å². The van der Waals surface area contributed by atoms with Crippen LogP contribution in [0.5, 0.6) is 0 Å². The predicted octanol–water partition coefficient (Wildman–Crippen LogP) is 4.53. The molecule has 6 heteroatoms. The first-order valence-electron chi connectivity index (χ1n) is 7.76. The maximum absolute atomic E-state index is 11.3. The van der Waals surface area contributed by atoms with Crippen LogP contribution in [0.1, 0.15) is 21.6 Å². The molecule has 6 nitrogen and oxygen atoms in total. The molecule has 0 bridgehead atoms. The molecule has 0 atom stereocenters. The number of nitro groups is 1. The summed E-state index contributed by atoms with van der Waals surface area (Å²) in [5, 5.41) is 20.0. The zero-order valence-electron chi connectivity index (χ0n) is 13.6. The molecular weight excluding hydrogens is 332 g/mol. The number of carbonyl (C=O) groups is 1. The van der Waals surface area contributed by atoms with Crippen molar-refractivity contribution in [1.82, 2.24) is 4.98 Å². The van der Waals surface area contributed by atoms with Crippen LogP contribution in [0.2, 0.25) is 0 Å². The van der Waals surface area contributed by atoms with Gasteiger partial charge in [0, 0.05) is 6.07 Å². The van der Waals surface area contributed by atoms with E-state index in [1.165, 1.54) is 6.08 Å². The summed E-state index contributed by atoms with van der Waals surface area (Å²) in [4.78, 5) is 25.3. The lowest BCUT2D eigenvalue weighted by Gasteiger charge is -2.02. The fourth-order valence-corrected chi connectivity index (χ4v) is 2.46. The maximum atomic E-state index is 11.3. The van der Waals surface area contributed by atoms with Gasteiger partial charge in [0.15, 0.2) is 0 Å². The summed E-state index contributed by atoms with van der Waals surface area (Å²) in [5.41, 5.74) is 2.63. The summed E-state index contributed by atoms with van der Waals surface area (Å²) >= 11 is 0. The van der Waals surface area contributed by atoms with Gasteiger partial charge in [-0.15, -0.1) is 0 Å². The molecule has 3 rings (SSSR count). The molecule has 0 fully saturated rings. The van der Waals surface area contributed by atoms with Crippen LogP contribution < -0.4 is 0 Å². The Morgan fingerprint density at radius 2 is 1.65 bits per heavy atom. The Bertz CT molecular complexity index is 980. The Morgan fingerprint density at radius 1 is 1.00 bits per heavy atom. The molecule has 0 aliphatic rings. The van der Waals surface area contributed by atoms with Gasteiger partial charge in [0.05, 0.1) is 16.2 Å². The Hall–Kier alpha value is -3.80. The molecule has 0 saturated carbocycles. The smallest absolute Gasteiger partial charge is 0.338 e. The average Bonchev–Trinajstić information content (AvgIpc) is 2.67. The second kappa shape index (κ2) is 7.40. The number of pyridine rings is 1. The van der Waals surface area contributed by atoms with Crippen molar-refractivity contribution in [3.8, 4) is 11.1 Å². The van der Waals surface area contributed by atoms with E-state index >= 15 is 0 Å². The third-order valence-corrected chi connectivity index (χ3v) is 3.80. The highest BCUT2D eigenvalue weighted by Crippen LogP contribution is 2.21. The summed E-state index contributed by atoms with van der Waals surface area (Å²) in [5.74, 6) is -1.26. The van der Waals surface area contributed by atoms with E-state index in [9.17, 15) is 20.0 Å². The molecule has 3 aromatic rings. The van der Waals surface area contributed by atoms with Crippen LogP contribution in [-0.4, -0.2) is 21.0 Å². The fraction of sp³-hybridized carbons (Fsp3) is 0. The minimum Gasteiger partial charge on any atom is -0.478 e. The van der Waals surface area contributed by atoms with Crippen LogP contribution in [-0.2, 0) is 0 Å². The van der Waals surface area contributed by atoms with Crippen LogP contribution in [0.25, 0.3) is 23.3 Å². The molecule has 1 aromatic heterocycles. The largest absolute Gasteiger partial charge is 0.478 e. The molecule has 0 amide bonds. The standard InChI is InChI=1S/C20H14N2O4/c23-20(24)18-12-17(22(25)26)13-21-19(18)11-8-14-6-9-16(10-7-14)15-4-2-1-3-5-15/h1-13H,(H,23,24). The number of hydrogen-bond donors (Lipinski definition) is 1. The first-order chi connectivity index (χ1) is 12.5. The number of rotatable bonds is 5. The molecular formula is C20H14N2O4. The number of carboxylic acids is 1. The lowest BCUT2D eigenvalue weighted by atomic mass is 10.0. The van der Waals surface area contributed by atoms with Crippen LogP contribution in [0, 0.1) is 10.1 Å². The number of carboxylic acid groups (broad SMARTS) is 1. The number of nitrogens with zero attached hydrogens (tertiary/aromatic N) is 2. The highest BCUT2D eigenvalue weighted by molar-refractivity contribution is 5.93. The lowest BCUT2D eigenvalue weighted by molar-refractivity contribution is -0.385. The van der Waals surface area contributed by atoms with E-state index in [1.807, 2.05) is 54.6 Å². The van der Waals surface area contributed by atoms with E-state index in [0.29, 0.717) is 0 Å². The van der Waals surface area contributed by atoms with Gasteiger partial charge in [0.1, 0.15) is 6.20 Å². The molecule has 1 heterocycles. The summed E-state index contributed by atoms with van der Waals surface area (Å²) in [6.07, 6.45) is 4.30. The number of aromatic carboxylic acids is 1. The van der Waals surface area contributed by atoms with Crippen molar-refractivity contribution in [2.24, 2.45) is 0 Å². The topological polar surface area (TPSA) is 93.3 Å². The molecule has 0 saturated heterocycles. The van der Waals surface area contributed by atoms with E-state index in [-0.39, 0.29) is 16.9 Å². The maximum Gasteiger partial charge on any atom is 0.338 e. The molecule has 0 spiro atoms. The summed E-state index contributed by atoms with van der Waals surface area (Å²) in [7, 11) is 0. The summed E-state index contributed by atoms with van der Waals surface area (Å²) < 4.78 is 0. The predicted molar refractivity (Wildman–Crippen MR) is 98.7 cm³/mol. The van der Waals surface area contributed by atoms with Gasteiger partial charge in [0.2, 0.25) is 0 Å². The molecule has 128 valence electrons. The number of aromatic nitrogens is 1. The second-order valence-electron chi connectivity index (χ2n) is 5.51. The SMILES string of the molecule is O=C(O)c1cc([N+](=O)[O-])cnc1C=Cc1ccc(-c2ccccc2)cc1. The van der Waals surface area contributed by atoms with Crippen LogP contribution >= 0.6 is 0 Å². The van der Waals surface area contributed by atoms with Crippen LogP contribution in [0.3, 0.4) is 0 Å². The average molecular weight is 346 g/mol. The van der Waals surface area contributed by atoms with E-state index in [0.717, 1.165) is 29.0 Å². The van der Waals surface area contributed by atoms with Gasteiger partial charge in [-0.2, -0.15) is 0 Å². The van der Waals surface area contributed by atoms with Crippen molar-refractivity contribution in [3.05, 3.63) is 93.8 Å². The molecule has 0 unspecified atom stereocenters. The third-order valence-electron chi connectivity index (χ3n) is 3.80. The molecule has 1 N–H and O–H groups in total. The van der Waals surface area contributed by atoms with Crippen molar-refractivity contribution >= 4 is 23.8 Å². The quantitative estimate of drug-likeness (QED) is 0.541. The molecule has 2 aromatic carbocycles. The van der Waals surface area contributed by atoms with E-state index < -0.39 is 10.9 Å². The van der Waals surface area contributed by atoms with Gasteiger partial charge in [0.25, 0.3) is 5.69 Å². The van der Waals surface area contributed by atoms with Gasteiger partial charge in [-0.25, -0.2) is 9.78 Å². The zero-order valence-corrected chi connectivity index (χ0v) is 13.6. The van der Waals surface area contributed by atoms with Gasteiger partial charge >= 0.3 is 5.97 Å². The number of benzene rings is 2. The third kappa shape index (κ3) is 3.81. The molecule has 26 heavy (non-hydrogen) atoms. The fourth-order valence-electron chi connectivity index (χ4n) is 2.46. The number of hydrogen-bond acceptors (Lipinski definition) is 4. The Kier molecular flexibility index (Phi) is 4.85. The van der Waals surface area contributed by atoms with Crippen LogP contribution in [0.15, 0.2) is 66.9 Å². The molecule has 0 aliphatic heterocycles. The minimum atomic E-state index is -1.26. The van der Waals surface area contributed by atoms with Crippen molar-refractivity contribution in [1.29, 1.82) is 0 Å². The van der Waals surface area contributed by atoms with Gasteiger partial charge in [-0.1, -0.05) is 60.7 Å². The Morgan fingerprint density at radius 3 is 2.27 bits per heavy atom. The van der Waals surface area contributed by atoms with Crippen molar-refractivity contribution in [2.45, 2.75) is 0 Å². The Balaban J connectivity index is 1.86. The highest BCUT2D eigenvalue weighted by atomic mass is 16.6. The molecule has 0 aliphatic carbocycles. The van der Waals surface area contributed by atoms with E-state index in [4.69, 9.17) is 0 Å². The van der Waals surface area contributed by atoms with E-state index in [2.05, 4.69) is 4.98 Å². The molecule has 0 radical (unpaired) electrons. The van der Waals surface area contributed by atoms with Crippen molar-refractivity contribution < 1.29 is 14.8 Å². The first-order valence-corrected chi connectivity index (χ1v) is 7.76. The highest BCUT2D eigenvalue weighted by Gasteiger charge is 2.15. The van der Waals surface area contributed by atoms with Crippen molar-refractivity contribution in [2.75, 3.05) is 0 Å². The van der Waals surface area contributed by atoms with Gasteiger partial charge in [-0.3, -0.25) is 10.1 Å². The van der Waals surface area contributed by atoms with Gasteiger partial charge in [-0.05, 0) is 22.8 Å².